The molecule has 0 spiro atoms. The summed E-state index contributed by atoms with van der Waals surface area (Å²) in [6.45, 7) is 3.59. The molecular weight excluding hydrogens is 230 g/mol. The van der Waals surface area contributed by atoms with Gasteiger partial charge in [-0.2, -0.15) is 0 Å². The second-order valence-electron chi connectivity index (χ2n) is 4.02. The van der Waals surface area contributed by atoms with Gasteiger partial charge < -0.3 is 10.3 Å². The molecule has 2 rings (SSSR count). The summed E-state index contributed by atoms with van der Waals surface area (Å²) in [5.41, 5.74) is 1.84. The molecule has 2 N–H and O–H groups in total. The lowest BCUT2D eigenvalue weighted by atomic mass is 10.2. The Balaban J connectivity index is 2.25. The Kier molecular flexibility index (Phi) is 3.23. The zero-order chi connectivity index (χ0) is 13.1. The number of rotatable bonds is 2. The van der Waals surface area contributed by atoms with Crippen molar-refractivity contribution in [1.82, 2.24) is 9.97 Å². The Morgan fingerprint density at radius 3 is 2.72 bits per heavy atom. The number of anilines is 1. The number of amides is 1. The van der Waals surface area contributed by atoms with Gasteiger partial charge >= 0.3 is 0 Å². The minimum absolute atomic E-state index is 0.0927. The highest BCUT2D eigenvalue weighted by molar-refractivity contribution is 6.03. The molecule has 5 heteroatoms. The third kappa shape index (κ3) is 2.63. The fraction of sp³-hybridized carbons (Fsp3) is 0.154. The summed E-state index contributed by atoms with van der Waals surface area (Å²) in [5.74, 6) is -0.429. The van der Waals surface area contributed by atoms with E-state index >= 15 is 0 Å². The number of carbonyl (C=O) groups excluding carboxylic acids is 1. The molecule has 2 aromatic heterocycles. The van der Waals surface area contributed by atoms with E-state index < -0.39 is 11.5 Å². The molecule has 0 unspecified atom stereocenters. The van der Waals surface area contributed by atoms with E-state index in [4.69, 9.17) is 0 Å². The molecule has 0 bridgehead atoms. The summed E-state index contributed by atoms with van der Waals surface area (Å²) in [7, 11) is 0. The number of aromatic amines is 1. The van der Waals surface area contributed by atoms with Gasteiger partial charge in [0.1, 0.15) is 5.56 Å². The average molecular weight is 243 g/mol. The molecule has 2 aromatic rings. The van der Waals surface area contributed by atoms with Crippen molar-refractivity contribution in [1.29, 1.82) is 0 Å². The number of aromatic nitrogens is 2. The number of hydrogen-bond acceptors (Lipinski definition) is 3. The summed E-state index contributed by atoms with van der Waals surface area (Å²) < 4.78 is 0. The van der Waals surface area contributed by atoms with Crippen molar-refractivity contribution in [2.24, 2.45) is 0 Å². The third-order valence-electron chi connectivity index (χ3n) is 2.45. The summed E-state index contributed by atoms with van der Waals surface area (Å²) in [6, 6.07) is 6.61. The molecule has 0 aromatic carbocycles. The number of nitrogens with one attached hydrogen (secondary N) is 2. The van der Waals surface area contributed by atoms with E-state index in [-0.39, 0.29) is 5.56 Å². The predicted octanol–water partition coefficient (Wildman–Crippen LogP) is 1.64. The minimum atomic E-state index is -0.429. The van der Waals surface area contributed by atoms with Gasteiger partial charge in [0.2, 0.25) is 0 Å². The largest absolute Gasteiger partial charge is 0.326 e. The van der Waals surface area contributed by atoms with E-state index in [2.05, 4.69) is 15.3 Å². The van der Waals surface area contributed by atoms with Gasteiger partial charge in [0.15, 0.2) is 0 Å². The number of pyridine rings is 2. The lowest BCUT2D eigenvalue weighted by Crippen LogP contribution is -2.23. The highest BCUT2D eigenvalue weighted by Crippen LogP contribution is 2.08. The van der Waals surface area contributed by atoms with Crippen LogP contribution in [0.3, 0.4) is 0 Å². The van der Waals surface area contributed by atoms with Crippen LogP contribution >= 0.6 is 0 Å². The van der Waals surface area contributed by atoms with Gasteiger partial charge in [-0.25, -0.2) is 0 Å². The first-order valence-corrected chi connectivity index (χ1v) is 5.50. The highest BCUT2D eigenvalue weighted by atomic mass is 16.2. The maximum atomic E-state index is 11.9. The molecule has 0 aliphatic heterocycles. The van der Waals surface area contributed by atoms with Crippen molar-refractivity contribution in [3.05, 3.63) is 57.8 Å². The standard InChI is InChI=1S/C13H13N3O2/c1-8-3-4-11(12(17)15-8)13(18)16-10-5-6-14-9(2)7-10/h3-7H,1-2H3,(H,15,17)(H,14,16,18). The molecule has 5 nitrogen and oxygen atoms in total. The van der Waals surface area contributed by atoms with Crippen molar-refractivity contribution < 1.29 is 4.79 Å². The van der Waals surface area contributed by atoms with Gasteiger partial charge in [0.25, 0.3) is 11.5 Å². The number of carbonyl (C=O) groups is 1. The SMILES string of the molecule is Cc1cc(NC(=O)c2ccc(C)[nH]c2=O)ccn1. The molecule has 0 aliphatic rings. The predicted molar refractivity (Wildman–Crippen MR) is 68.7 cm³/mol. The first kappa shape index (κ1) is 12.0. The molecule has 0 radical (unpaired) electrons. The van der Waals surface area contributed by atoms with Gasteiger partial charge in [0, 0.05) is 23.3 Å². The lowest BCUT2D eigenvalue weighted by molar-refractivity contribution is 0.102. The maximum Gasteiger partial charge on any atom is 0.261 e. The smallest absolute Gasteiger partial charge is 0.261 e. The zero-order valence-electron chi connectivity index (χ0n) is 10.2. The second kappa shape index (κ2) is 4.83. The Morgan fingerprint density at radius 2 is 2.06 bits per heavy atom. The molecule has 1 amide bonds. The van der Waals surface area contributed by atoms with Crippen LogP contribution in [0.5, 0.6) is 0 Å². The van der Waals surface area contributed by atoms with Crippen molar-refractivity contribution in [3.63, 3.8) is 0 Å². The van der Waals surface area contributed by atoms with Crippen LogP contribution in [0.25, 0.3) is 0 Å². The van der Waals surface area contributed by atoms with Gasteiger partial charge in [-0.3, -0.25) is 14.6 Å². The van der Waals surface area contributed by atoms with Gasteiger partial charge in [-0.1, -0.05) is 0 Å². The molecule has 0 saturated carbocycles. The average Bonchev–Trinajstić information content (AvgIpc) is 2.28. The van der Waals surface area contributed by atoms with E-state index in [0.717, 1.165) is 11.4 Å². The monoisotopic (exact) mass is 243 g/mol. The topological polar surface area (TPSA) is 74.8 Å². The summed E-state index contributed by atoms with van der Waals surface area (Å²) in [6.07, 6.45) is 1.60. The molecule has 18 heavy (non-hydrogen) atoms. The first-order chi connectivity index (χ1) is 8.56. The van der Waals surface area contributed by atoms with Crippen LogP contribution in [-0.4, -0.2) is 15.9 Å². The van der Waals surface area contributed by atoms with Crippen molar-refractivity contribution in [3.8, 4) is 0 Å². The van der Waals surface area contributed by atoms with E-state index in [1.54, 1.807) is 31.3 Å². The Hall–Kier alpha value is -2.43. The zero-order valence-corrected chi connectivity index (χ0v) is 10.2. The Morgan fingerprint density at radius 1 is 1.28 bits per heavy atom. The number of aryl methyl sites for hydroxylation is 2. The van der Waals surface area contributed by atoms with Crippen LogP contribution in [0, 0.1) is 13.8 Å². The van der Waals surface area contributed by atoms with Crippen molar-refractivity contribution in [2.75, 3.05) is 5.32 Å². The van der Waals surface area contributed by atoms with Crippen LogP contribution < -0.4 is 10.9 Å². The molecule has 92 valence electrons. The second-order valence-corrected chi connectivity index (χ2v) is 4.02. The number of hydrogen-bond donors (Lipinski definition) is 2. The molecule has 2 heterocycles. The summed E-state index contributed by atoms with van der Waals surface area (Å²) >= 11 is 0. The summed E-state index contributed by atoms with van der Waals surface area (Å²) in [5, 5.41) is 2.66. The van der Waals surface area contributed by atoms with Crippen LogP contribution in [0.1, 0.15) is 21.7 Å². The maximum absolute atomic E-state index is 11.9. The van der Waals surface area contributed by atoms with Gasteiger partial charge in [-0.15, -0.1) is 0 Å². The van der Waals surface area contributed by atoms with Gasteiger partial charge in [-0.05, 0) is 38.1 Å². The van der Waals surface area contributed by atoms with Gasteiger partial charge in [0.05, 0.1) is 0 Å². The Labute approximate surface area is 104 Å². The lowest BCUT2D eigenvalue weighted by Gasteiger charge is -2.05. The third-order valence-corrected chi connectivity index (χ3v) is 2.45. The van der Waals surface area contributed by atoms with E-state index in [1.807, 2.05) is 6.92 Å². The molecule has 0 fully saturated rings. The highest BCUT2D eigenvalue weighted by Gasteiger charge is 2.10. The number of nitrogens with zero attached hydrogens (tertiary/aromatic N) is 1. The number of H-pyrrole nitrogens is 1. The molecule has 0 saturated heterocycles. The van der Waals surface area contributed by atoms with Crippen LogP contribution in [0.15, 0.2) is 35.3 Å². The minimum Gasteiger partial charge on any atom is -0.326 e. The first-order valence-electron chi connectivity index (χ1n) is 5.50. The van der Waals surface area contributed by atoms with E-state index in [0.29, 0.717) is 5.69 Å². The van der Waals surface area contributed by atoms with E-state index in [9.17, 15) is 9.59 Å². The quantitative estimate of drug-likeness (QED) is 0.842. The van der Waals surface area contributed by atoms with E-state index in [1.165, 1.54) is 6.07 Å². The normalized spacial score (nSPS) is 10.1. The molecule has 0 aliphatic carbocycles. The fourth-order valence-electron chi connectivity index (χ4n) is 1.57. The van der Waals surface area contributed by atoms with Crippen molar-refractivity contribution >= 4 is 11.6 Å². The van der Waals surface area contributed by atoms with Crippen LogP contribution in [0.2, 0.25) is 0 Å². The fourth-order valence-corrected chi connectivity index (χ4v) is 1.57. The van der Waals surface area contributed by atoms with Crippen molar-refractivity contribution in [2.45, 2.75) is 13.8 Å². The van der Waals surface area contributed by atoms with Crippen LogP contribution in [-0.2, 0) is 0 Å². The van der Waals surface area contributed by atoms with Crippen LogP contribution in [0.4, 0.5) is 5.69 Å². The Bertz CT molecular complexity index is 647. The molecular formula is C13H13N3O2. The summed E-state index contributed by atoms with van der Waals surface area (Å²) in [4.78, 5) is 30.1. The molecule has 0 atom stereocenters.